The number of hydrogen-bond donors (Lipinski definition) is 3. The van der Waals surface area contributed by atoms with E-state index in [1.807, 2.05) is 42.5 Å². The molecule has 2 aromatic rings. The van der Waals surface area contributed by atoms with E-state index in [4.69, 9.17) is 5.11 Å². The van der Waals surface area contributed by atoms with E-state index in [0.717, 1.165) is 16.3 Å². The van der Waals surface area contributed by atoms with E-state index in [1.54, 1.807) is 13.8 Å². The molecule has 7 heteroatoms. The quantitative estimate of drug-likeness (QED) is 0.659. The number of aliphatic carboxylic acids is 1. The lowest BCUT2D eigenvalue weighted by atomic mass is 10.0. The van der Waals surface area contributed by atoms with Gasteiger partial charge in [-0.3, -0.25) is 9.59 Å². The number of hydrogen-bond acceptors (Lipinski definition) is 3. The van der Waals surface area contributed by atoms with Crippen LogP contribution in [0.1, 0.15) is 19.4 Å². The van der Waals surface area contributed by atoms with Crippen molar-refractivity contribution in [1.82, 2.24) is 10.6 Å². The topological polar surface area (TPSA) is 95.5 Å². The zero-order valence-corrected chi connectivity index (χ0v) is 15.2. The van der Waals surface area contributed by atoms with E-state index >= 15 is 0 Å². The van der Waals surface area contributed by atoms with Crippen LogP contribution in [-0.2, 0) is 20.8 Å². The summed E-state index contributed by atoms with van der Waals surface area (Å²) in [5.74, 6) is -2.84. The fraction of sp³-hybridized carbons (Fsp3) is 0.350. The van der Waals surface area contributed by atoms with Gasteiger partial charge in [0.15, 0.2) is 6.04 Å². The molecule has 0 heterocycles. The predicted molar refractivity (Wildman–Crippen MR) is 100.0 cm³/mol. The highest BCUT2D eigenvalue weighted by Crippen LogP contribution is 2.16. The number of carbonyl (C=O) groups is 3. The second-order valence-electron chi connectivity index (χ2n) is 6.70. The van der Waals surface area contributed by atoms with Crippen molar-refractivity contribution in [1.29, 1.82) is 0 Å². The molecule has 0 aliphatic carbocycles. The van der Waals surface area contributed by atoms with E-state index in [2.05, 4.69) is 10.6 Å². The number of carboxylic acids is 1. The van der Waals surface area contributed by atoms with Gasteiger partial charge in [0.2, 0.25) is 11.8 Å². The van der Waals surface area contributed by atoms with Crippen LogP contribution in [0.4, 0.5) is 4.39 Å². The van der Waals surface area contributed by atoms with E-state index in [1.165, 1.54) is 0 Å². The van der Waals surface area contributed by atoms with Crippen LogP contribution in [0.5, 0.6) is 0 Å². The highest BCUT2D eigenvalue weighted by atomic mass is 19.1. The SMILES string of the molecule is CC(C)C(NC(=O)Cc1ccc2ccccc2c1)C(=O)NC(CF)C(=O)O. The number of carbonyl (C=O) groups excluding carboxylic acids is 2. The Morgan fingerprint density at radius 3 is 2.30 bits per heavy atom. The molecule has 2 unspecified atom stereocenters. The van der Waals surface area contributed by atoms with Crippen molar-refractivity contribution in [2.24, 2.45) is 5.92 Å². The molecule has 0 saturated heterocycles. The first-order valence-corrected chi connectivity index (χ1v) is 8.68. The Kier molecular flexibility index (Phi) is 6.87. The van der Waals surface area contributed by atoms with Crippen molar-refractivity contribution in [3.63, 3.8) is 0 Å². The van der Waals surface area contributed by atoms with Gasteiger partial charge in [-0.15, -0.1) is 0 Å². The number of rotatable bonds is 8. The second kappa shape index (κ2) is 9.12. The maximum Gasteiger partial charge on any atom is 0.328 e. The molecule has 6 nitrogen and oxygen atoms in total. The first-order chi connectivity index (χ1) is 12.8. The molecule has 2 aromatic carbocycles. The first-order valence-electron chi connectivity index (χ1n) is 8.68. The zero-order chi connectivity index (χ0) is 20.0. The molecule has 0 saturated carbocycles. The molecule has 2 atom stereocenters. The molecule has 144 valence electrons. The lowest BCUT2D eigenvalue weighted by Crippen LogP contribution is -2.54. The number of fused-ring (bicyclic) bond motifs is 1. The normalized spacial score (nSPS) is 13.2. The maximum absolute atomic E-state index is 12.7. The summed E-state index contributed by atoms with van der Waals surface area (Å²) in [6.07, 6.45) is 0.0762. The van der Waals surface area contributed by atoms with Gasteiger partial charge in [0.25, 0.3) is 0 Å². The second-order valence-corrected chi connectivity index (χ2v) is 6.70. The van der Waals surface area contributed by atoms with Crippen LogP contribution in [0.25, 0.3) is 10.8 Å². The average Bonchev–Trinajstić information content (AvgIpc) is 2.63. The summed E-state index contributed by atoms with van der Waals surface area (Å²) in [5.41, 5.74) is 0.793. The minimum Gasteiger partial charge on any atom is -0.480 e. The number of amides is 2. The molecule has 0 spiro atoms. The third kappa shape index (κ3) is 5.51. The van der Waals surface area contributed by atoms with Crippen LogP contribution < -0.4 is 10.6 Å². The Morgan fingerprint density at radius 2 is 1.70 bits per heavy atom. The Bertz CT molecular complexity index is 838. The van der Waals surface area contributed by atoms with Crippen LogP contribution >= 0.6 is 0 Å². The van der Waals surface area contributed by atoms with Crippen molar-refractivity contribution in [3.05, 3.63) is 48.0 Å². The molecule has 0 aliphatic rings. The average molecular weight is 374 g/mol. The van der Waals surface area contributed by atoms with Crippen LogP contribution in [0, 0.1) is 5.92 Å². The van der Waals surface area contributed by atoms with Crippen molar-refractivity contribution in [2.45, 2.75) is 32.4 Å². The fourth-order valence-corrected chi connectivity index (χ4v) is 2.72. The van der Waals surface area contributed by atoms with E-state index in [9.17, 15) is 18.8 Å². The van der Waals surface area contributed by atoms with Gasteiger partial charge in [-0.1, -0.05) is 56.3 Å². The van der Waals surface area contributed by atoms with Crippen LogP contribution in [0.2, 0.25) is 0 Å². The molecule has 0 aliphatic heterocycles. The van der Waals surface area contributed by atoms with E-state index in [0.29, 0.717) is 0 Å². The summed E-state index contributed by atoms with van der Waals surface area (Å²) < 4.78 is 12.7. The van der Waals surface area contributed by atoms with Crippen molar-refractivity contribution >= 4 is 28.6 Å². The molecule has 0 aromatic heterocycles. The van der Waals surface area contributed by atoms with Gasteiger partial charge in [0.05, 0.1) is 6.42 Å². The van der Waals surface area contributed by atoms with Gasteiger partial charge in [0, 0.05) is 0 Å². The monoisotopic (exact) mass is 374 g/mol. The minimum atomic E-state index is -1.63. The Labute approximate surface area is 156 Å². The van der Waals surface area contributed by atoms with E-state index < -0.39 is 30.6 Å². The molecule has 3 N–H and O–H groups in total. The van der Waals surface area contributed by atoms with Gasteiger partial charge < -0.3 is 15.7 Å². The highest BCUT2D eigenvalue weighted by Gasteiger charge is 2.28. The molecular weight excluding hydrogens is 351 g/mol. The summed E-state index contributed by atoms with van der Waals surface area (Å²) in [5, 5.41) is 15.7. The van der Waals surface area contributed by atoms with Gasteiger partial charge in [-0.05, 0) is 22.3 Å². The van der Waals surface area contributed by atoms with Crippen LogP contribution in [0.3, 0.4) is 0 Å². The van der Waals surface area contributed by atoms with E-state index in [-0.39, 0.29) is 18.2 Å². The minimum absolute atomic E-state index is 0.0762. The molecular formula is C20H23FN2O4. The maximum atomic E-state index is 12.7. The zero-order valence-electron chi connectivity index (χ0n) is 15.2. The summed E-state index contributed by atoms with van der Waals surface area (Å²) in [6.45, 7) is 2.20. The smallest absolute Gasteiger partial charge is 0.328 e. The number of alkyl halides is 1. The van der Waals surface area contributed by atoms with Crippen molar-refractivity contribution < 1.29 is 23.9 Å². The van der Waals surface area contributed by atoms with Gasteiger partial charge in [-0.2, -0.15) is 0 Å². The standard InChI is InChI=1S/C20H23FN2O4/c1-12(2)18(19(25)22-16(11-21)20(26)27)23-17(24)10-13-7-8-14-5-3-4-6-15(14)9-13/h3-9,12,16,18H,10-11H2,1-2H3,(H,22,25)(H,23,24)(H,26,27). The lowest BCUT2D eigenvalue weighted by molar-refractivity contribution is -0.142. The predicted octanol–water partition coefficient (Wildman–Crippen LogP) is 2.06. The molecule has 0 bridgehead atoms. The summed E-state index contributed by atoms with van der Waals surface area (Å²) >= 11 is 0. The number of halogens is 1. The fourth-order valence-electron chi connectivity index (χ4n) is 2.72. The number of nitrogens with one attached hydrogen (secondary N) is 2. The Hall–Kier alpha value is -2.96. The molecule has 27 heavy (non-hydrogen) atoms. The highest BCUT2D eigenvalue weighted by molar-refractivity contribution is 5.91. The largest absolute Gasteiger partial charge is 0.480 e. The van der Waals surface area contributed by atoms with Gasteiger partial charge in [0.1, 0.15) is 12.7 Å². The molecule has 2 amide bonds. The Balaban J connectivity index is 2.05. The third-order valence-corrected chi connectivity index (χ3v) is 4.21. The van der Waals surface area contributed by atoms with Crippen molar-refractivity contribution in [3.8, 4) is 0 Å². The van der Waals surface area contributed by atoms with Crippen molar-refractivity contribution in [2.75, 3.05) is 6.67 Å². The summed E-state index contributed by atoms with van der Waals surface area (Å²) in [6, 6.07) is 10.9. The summed E-state index contributed by atoms with van der Waals surface area (Å²) in [4.78, 5) is 35.5. The molecule has 2 rings (SSSR count). The molecule has 0 fully saturated rings. The molecule has 0 radical (unpaired) electrons. The number of benzene rings is 2. The number of carboxylic acid groups (broad SMARTS) is 1. The first kappa shape index (κ1) is 20.4. The van der Waals surface area contributed by atoms with Crippen LogP contribution in [0.15, 0.2) is 42.5 Å². The van der Waals surface area contributed by atoms with Crippen LogP contribution in [-0.4, -0.2) is 41.6 Å². The third-order valence-electron chi connectivity index (χ3n) is 4.21. The lowest BCUT2D eigenvalue weighted by Gasteiger charge is -2.23. The summed E-state index contributed by atoms with van der Waals surface area (Å²) in [7, 11) is 0. The van der Waals surface area contributed by atoms with Gasteiger partial charge >= 0.3 is 5.97 Å². The van der Waals surface area contributed by atoms with Gasteiger partial charge in [-0.25, -0.2) is 9.18 Å². The Morgan fingerprint density at radius 1 is 1.04 bits per heavy atom.